The van der Waals surface area contributed by atoms with Crippen LogP contribution < -0.4 is 10.6 Å². The van der Waals surface area contributed by atoms with E-state index in [9.17, 15) is 38.4 Å². The van der Waals surface area contributed by atoms with Gasteiger partial charge in [-0.3, -0.25) is 33.2 Å². The first-order valence-corrected chi connectivity index (χ1v) is 23.5. The number of carbonyl (C=O) groups excluding carboxylic acids is 9. The summed E-state index contributed by atoms with van der Waals surface area (Å²) < 4.78 is 23.5. The van der Waals surface area contributed by atoms with Crippen molar-refractivity contribution in [2.75, 3.05) is 7.11 Å². The number of rotatable bonds is 12. The average molecular weight is 961 g/mol. The Labute approximate surface area is 396 Å². The predicted molar refractivity (Wildman–Crippen MR) is 245 cm³/mol. The molecule has 2 saturated carbocycles. The lowest BCUT2D eigenvalue weighted by Crippen LogP contribution is -2.51. The van der Waals surface area contributed by atoms with Crippen molar-refractivity contribution in [3.8, 4) is 0 Å². The van der Waals surface area contributed by atoms with E-state index in [0.29, 0.717) is 75.8 Å². The molecule has 16 nitrogen and oxygen atoms in total. The number of carbonyl (C=O) groups is 8. The molecule has 2 aromatic rings. The average Bonchev–Trinajstić information content (AvgIpc) is 3.99. The number of fused-ring (bicyclic) bond motifs is 2. The molecule has 362 valence electrons. The summed E-state index contributed by atoms with van der Waals surface area (Å²) in [5.74, 6) is -4.43. The molecule has 2 fully saturated rings. The number of halogens is 2. The van der Waals surface area contributed by atoms with Crippen LogP contribution in [-0.4, -0.2) is 92.6 Å². The normalized spacial score (nSPS) is 22.4. The highest BCUT2D eigenvalue weighted by Crippen LogP contribution is 2.38. The lowest BCUT2D eigenvalue weighted by atomic mass is 9.76. The van der Waals surface area contributed by atoms with E-state index in [-0.39, 0.29) is 56.3 Å². The first-order chi connectivity index (χ1) is 30.7. The molecule has 0 bridgehead atoms. The van der Waals surface area contributed by atoms with Crippen LogP contribution in [0.25, 0.3) is 0 Å². The number of ether oxygens (including phenoxy) is 3. The van der Waals surface area contributed by atoms with E-state index < -0.39 is 57.6 Å². The minimum atomic E-state index is -0.775. The fourth-order valence-corrected chi connectivity index (χ4v) is 10.3. The lowest BCUT2D eigenvalue weighted by Gasteiger charge is -2.38. The zero-order chi connectivity index (χ0) is 49.1. The molecule has 0 aromatic carbocycles. The second-order valence-electron chi connectivity index (χ2n) is 20.6. The molecule has 4 aliphatic rings. The Hall–Kier alpha value is -4.83. The Morgan fingerprint density at radius 3 is 1.38 bits per heavy atom. The fourth-order valence-electron chi connectivity index (χ4n) is 9.53. The SMILES string of the molecule is C=[O+]C(=O)c1c(Cl)c(C(=O)C(=O)NC2(C)CCC(CC(=O)OC(C)(C)C)CC2)n2c1CCC2.COC(=O)c1c(Cl)c(C(=O)C(=O)NC2(C)CCC(CC(=O)OC(C)(C)C)CC2)n2c1CCC2. The molecular formula is C48H65Cl2N4O12+. The summed E-state index contributed by atoms with van der Waals surface area (Å²) in [5.41, 5.74) is -0.587. The Morgan fingerprint density at radius 2 is 1.03 bits per heavy atom. The molecule has 0 radical (unpaired) electrons. The van der Waals surface area contributed by atoms with Crippen LogP contribution in [0.5, 0.6) is 0 Å². The van der Waals surface area contributed by atoms with Crippen LogP contribution in [-0.2, 0) is 63.7 Å². The van der Waals surface area contributed by atoms with E-state index in [2.05, 4.69) is 21.8 Å². The molecule has 2 aromatic heterocycles. The number of amides is 2. The van der Waals surface area contributed by atoms with Crippen molar-refractivity contribution in [3.05, 3.63) is 43.9 Å². The van der Waals surface area contributed by atoms with Crippen LogP contribution in [0.3, 0.4) is 0 Å². The Kier molecular flexibility index (Phi) is 16.3. The maximum Gasteiger partial charge on any atom is 0.615 e. The zero-order valence-corrected chi connectivity index (χ0v) is 41.2. The van der Waals surface area contributed by atoms with E-state index in [1.165, 1.54) is 7.11 Å². The van der Waals surface area contributed by atoms with Gasteiger partial charge >= 0.3 is 23.9 Å². The summed E-state index contributed by atoms with van der Waals surface area (Å²) in [5, 5.41) is 5.66. The van der Waals surface area contributed by atoms with Crippen molar-refractivity contribution in [2.24, 2.45) is 11.8 Å². The summed E-state index contributed by atoms with van der Waals surface area (Å²) in [4.78, 5) is 101. The molecule has 2 aliphatic carbocycles. The highest BCUT2D eigenvalue weighted by molar-refractivity contribution is 6.48. The summed E-state index contributed by atoms with van der Waals surface area (Å²) >= 11 is 12.7. The second-order valence-corrected chi connectivity index (χ2v) is 21.3. The number of nitrogens with one attached hydrogen (secondary N) is 2. The van der Waals surface area contributed by atoms with Crippen molar-refractivity contribution >= 4 is 77.2 Å². The van der Waals surface area contributed by atoms with Gasteiger partial charge in [-0.2, -0.15) is 0 Å². The lowest BCUT2D eigenvalue weighted by molar-refractivity contribution is -0.334. The molecule has 18 heteroatoms. The van der Waals surface area contributed by atoms with Gasteiger partial charge in [-0.15, -0.1) is 0 Å². The molecule has 2 N–H and O–H groups in total. The van der Waals surface area contributed by atoms with Gasteiger partial charge in [0.25, 0.3) is 23.4 Å². The zero-order valence-electron chi connectivity index (χ0n) is 39.7. The highest BCUT2D eigenvalue weighted by atomic mass is 35.5. The van der Waals surface area contributed by atoms with Gasteiger partial charge in [0.2, 0.25) is 0 Å². The smallest absolute Gasteiger partial charge is 0.465 e. The topological polar surface area (TPSA) is 209 Å². The van der Waals surface area contributed by atoms with Crippen LogP contribution in [0.1, 0.15) is 186 Å². The van der Waals surface area contributed by atoms with E-state index >= 15 is 0 Å². The monoisotopic (exact) mass is 959 g/mol. The van der Waals surface area contributed by atoms with Crippen LogP contribution >= 0.6 is 23.2 Å². The largest absolute Gasteiger partial charge is 0.615 e. The van der Waals surface area contributed by atoms with Gasteiger partial charge in [0.1, 0.15) is 22.6 Å². The number of aromatic nitrogens is 2. The number of nitrogens with zero attached hydrogens (tertiary/aromatic N) is 2. The number of ketones is 2. The molecule has 0 atom stereocenters. The standard InChI is InChI=1S/C24H33ClN2O6.C24H31ClN2O6/c2*1-23(2,3)33-16(28)13-14-8-10-24(4,11-9-14)26-21(30)20(29)19-18(25)17(22(31)32-5)15-7-6-12-27(15)19/h14H,6-13H2,1-5H3,(H,26,30);14H,5-13H2,1-4H3/p+1. The van der Waals surface area contributed by atoms with E-state index in [1.54, 1.807) is 9.13 Å². The molecule has 66 heavy (non-hydrogen) atoms. The molecule has 2 aliphatic heterocycles. The second kappa shape index (κ2) is 20.6. The van der Waals surface area contributed by atoms with Crippen LogP contribution in [0.2, 0.25) is 10.0 Å². The Bertz CT molecular complexity index is 2280. The molecule has 0 saturated heterocycles. The number of esters is 3. The van der Waals surface area contributed by atoms with Gasteiger partial charge in [0, 0.05) is 48.4 Å². The molecule has 0 spiro atoms. The predicted octanol–water partition coefficient (Wildman–Crippen LogP) is 7.43. The van der Waals surface area contributed by atoms with Gasteiger partial charge in [-0.1, -0.05) is 23.2 Å². The third kappa shape index (κ3) is 12.4. The van der Waals surface area contributed by atoms with Crippen LogP contribution in [0.15, 0.2) is 0 Å². The molecule has 0 unspecified atom stereocenters. The van der Waals surface area contributed by atoms with Crippen molar-refractivity contribution in [3.63, 3.8) is 0 Å². The molecule has 6 rings (SSSR count). The third-order valence-electron chi connectivity index (χ3n) is 12.8. The minimum absolute atomic E-state index is 0.0179. The quantitative estimate of drug-likeness (QED) is 0.0703. The van der Waals surface area contributed by atoms with E-state index in [1.807, 2.05) is 55.4 Å². The first kappa shape index (κ1) is 52.1. The summed E-state index contributed by atoms with van der Waals surface area (Å²) in [7, 11) is 1.26. The van der Waals surface area contributed by atoms with E-state index in [0.717, 1.165) is 38.5 Å². The fraction of sp³-hybridized carbons (Fsp3) is 0.646. The molecule has 4 heterocycles. The van der Waals surface area contributed by atoms with Gasteiger partial charge in [-0.25, -0.2) is 4.79 Å². The van der Waals surface area contributed by atoms with E-state index in [4.69, 9.17) is 37.4 Å². The summed E-state index contributed by atoms with van der Waals surface area (Å²) in [6, 6.07) is 0. The van der Waals surface area contributed by atoms with Crippen LogP contribution in [0.4, 0.5) is 0 Å². The van der Waals surface area contributed by atoms with Crippen molar-refractivity contribution in [2.45, 2.75) is 181 Å². The minimum Gasteiger partial charge on any atom is -0.465 e. The summed E-state index contributed by atoms with van der Waals surface area (Å²) in [6.07, 6.45) is 8.89. The summed E-state index contributed by atoms with van der Waals surface area (Å²) in [6.45, 7) is 19.0. The Morgan fingerprint density at radius 1 is 0.667 bits per heavy atom. The number of methoxy groups -OCH3 is 1. The van der Waals surface area contributed by atoms with Crippen molar-refractivity contribution in [1.29, 1.82) is 0 Å². The van der Waals surface area contributed by atoms with Crippen molar-refractivity contribution < 1.29 is 57.0 Å². The van der Waals surface area contributed by atoms with Gasteiger partial charge in [-0.05, 0) is 144 Å². The number of hydrogen-bond donors (Lipinski definition) is 2. The van der Waals surface area contributed by atoms with Gasteiger partial charge in [0.05, 0.1) is 27.5 Å². The van der Waals surface area contributed by atoms with Gasteiger partial charge in [0.15, 0.2) is 12.4 Å². The highest BCUT2D eigenvalue weighted by Gasteiger charge is 2.42. The third-order valence-corrected chi connectivity index (χ3v) is 13.5. The Balaban J connectivity index is 0.000000247. The van der Waals surface area contributed by atoms with Gasteiger partial charge < -0.3 is 34.0 Å². The molecule has 2 amide bonds. The van der Waals surface area contributed by atoms with Crippen LogP contribution in [0, 0.1) is 11.8 Å². The maximum absolute atomic E-state index is 13.1. The number of Topliss-reactive ketones (excluding diaryl/α,β-unsaturated/α-hetero) is 2. The first-order valence-electron chi connectivity index (χ1n) is 22.7. The van der Waals surface area contributed by atoms with Crippen molar-refractivity contribution in [1.82, 2.24) is 19.8 Å². The maximum atomic E-state index is 13.1. The molecular weight excluding hydrogens is 895 g/mol. The number of hydrogen-bond acceptors (Lipinski definition) is 11.